The molecular formula is C12H19NO4. The first-order valence-corrected chi connectivity index (χ1v) is 5.35. The van der Waals surface area contributed by atoms with E-state index in [1.54, 1.807) is 21.3 Å². The molecule has 96 valence electrons. The van der Waals surface area contributed by atoms with E-state index in [0.717, 1.165) is 5.56 Å². The minimum Gasteiger partial charge on any atom is -0.493 e. The molecule has 0 saturated heterocycles. The Hall–Kier alpha value is -1.46. The number of aliphatic hydroxyl groups excluding tert-OH is 1. The molecule has 0 heterocycles. The summed E-state index contributed by atoms with van der Waals surface area (Å²) in [7, 11) is 4.70. The number of ether oxygens (including phenoxy) is 3. The molecular weight excluding hydrogens is 222 g/mol. The van der Waals surface area contributed by atoms with Gasteiger partial charge in [0.1, 0.15) is 6.23 Å². The molecule has 17 heavy (non-hydrogen) atoms. The maximum atomic E-state index is 9.06. The van der Waals surface area contributed by atoms with Gasteiger partial charge in [-0.1, -0.05) is 0 Å². The van der Waals surface area contributed by atoms with Crippen LogP contribution in [0.1, 0.15) is 12.0 Å². The van der Waals surface area contributed by atoms with Crippen molar-refractivity contribution in [2.75, 3.05) is 21.3 Å². The van der Waals surface area contributed by atoms with Crippen molar-refractivity contribution in [2.24, 2.45) is 5.73 Å². The van der Waals surface area contributed by atoms with Crippen LogP contribution < -0.4 is 19.9 Å². The molecule has 0 aromatic heterocycles. The summed E-state index contributed by atoms with van der Waals surface area (Å²) >= 11 is 0. The van der Waals surface area contributed by atoms with Crippen molar-refractivity contribution in [1.82, 2.24) is 0 Å². The van der Waals surface area contributed by atoms with Crippen LogP contribution in [-0.4, -0.2) is 32.7 Å². The van der Waals surface area contributed by atoms with E-state index in [1.165, 1.54) is 0 Å². The van der Waals surface area contributed by atoms with E-state index in [2.05, 4.69) is 0 Å². The van der Waals surface area contributed by atoms with Gasteiger partial charge < -0.3 is 25.1 Å². The summed E-state index contributed by atoms with van der Waals surface area (Å²) in [5.41, 5.74) is 6.28. The molecule has 0 saturated carbocycles. The maximum Gasteiger partial charge on any atom is 0.203 e. The second-order valence-corrected chi connectivity index (χ2v) is 3.64. The maximum absolute atomic E-state index is 9.06. The quantitative estimate of drug-likeness (QED) is 0.724. The zero-order chi connectivity index (χ0) is 12.8. The molecule has 0 aliphatic rings. The molecule has 0 spiro atoms. The summed E-state index contributed by atoms with van der Waals surface area (Å²) in [6, 6.07) is 3.70. The Balaban J connectivity index is 3.00. The van der Waals surface area contributed by atoms with Crippen molar-refractivity contribution in [3.05, 3.63) is 17.7 Å². The smallest absolute Gasteiger partial charge is 0.203 e. The van der Waals surface area contributed by atoms with Crippen molar-refractivity contribution in [3.63, 3.8) is 0 Å². The second kappa shape index (κ2) is 6.32. The van der Waals surface area contributed by atoms with Gasteiger partial charge >= 0.3 is 0 Å². The number of aliphatic hydroxyl groups is 1. The van der Waals surface area contributed by atoms with Crippen LogP contribution in [0.2, 0.25) is 0 Å². The molecule has 3 N–H and O–H groups in total. The summed E-state index contributed by atoms with van der Waals surface area (Å²) in [4.78, 5) is 0. The van der Waals surface area contributed by atoms with Gasteiger partial charge in [0, 0.05) is 0 Å². The predicted molar refractivity (Wildman–Crippen MR) is 64.6 cm³/mol. The fourth-order valence-corrected chi connectivity index (χ4v) is 1.59. The lowest BCUT2D eigenvalue weighted by Gasteiger charge is -2.14. The molecule has 1 aromatic rings. The number of benzene rings is 1. The lowest BCUT2D eigenvalue weighted by Crippen LogP contribution is -2.19. The van der Waals surface area contributed by atoms with Crippen LogP contribution in [0, 0.1) is 0 Å². The largest absolute Gasteiger partial charge is 0.493 e. The van der Waals surface area contributed by atoms with Crippen LogP contribution in [0.15, 0.2) is 12.1 Å². The van der Waals surface area contributed by atoms with Crippen LogP contribution in [0.4, 0.5) is 0 Å². The average Bonchev–Trinajstić information content (AvgIpc) is 2.34. The molecule has 5 nitrogen and oxygen atoms in total. The van der Waals surface area contributed by atoms with Crippen molar-refractivity contribution in [2.45, 2.75) is 19.1 Å². The van der Waals surface area contributed by atoms with Gasteiger partial charge in [0.15, 0.2) is 11.5 Å². The highest BCUT2D eigenvalue weighted by Gasteiger charge is 2.13. The van der Waals surface area contributed by atoms with Gasteiger partial charge in [-0.3, -0.25) is 0 Å². The number of aryl methyl sites for hydroxylation is 1. The van der Waals surface area contributed by atoms with E-state index >= 15 is 0 Å². The first-order valence-electron chi connectivity index (χ1n) is 5.35. The van der Waals surface area contributed by atoms with Crippen LogP contribution in [-0.2, 0) is 6.42 Å². The molecule has 0 bridgehead atoms. The van der Waals surface area contributed by atoms with Gasteiger partial charge in [0.05, 0.1) is 21.3 Å². The Morgan fingerprint density at radius 3 is 2.00 bits per heavy atom. The molecule has 0 aliphatic carbocycles. The first-order chi connectivity index (χ1) is 8.12. The Morgan fingerprint density at radius 2 is 1.65 bits per heavy atom. The second-order valence-electron chi connectivity index (χ2n) is 3.64. The highest BCUT2D eigenvalue weighted by Crippen LogP contribution is 2.38. The van der Waals surface area contributed by atoms with E-state index in [-0.39, 0.29) is 0 Å². The summed E-state index contributed by atoms with van der Waals surface area (Å²) in [6.07, 6.45) is 0.321. The lowest BCUT2D eigenvalue weighted by molar-refractivity contribution is 0.172. The van der Waals surface area contributed by atoms with Gasteiger partial charge in [0.25, 0.3) is 0 Å². The third-order valence-corrected chi connectivity index (χ3v) is 2.45. The van der Waals surface area contributed by atoms with Gasteiger partial charge in [-0.2, -0.15) is 0 Å². The Labute approximate surface area is 101 Å². The van der Waals surface area contributed by atoms with Crippen LogP contribution in [0.3, 0.4) is 0 Å². The molecule has 1 aromatic carbocycles. The standard InChI is InChI=1S/C12H19NO4/c1-15-9-6-8(4-5-11(13)14)7-10(16-2)12(9)17-3/h6-7,11,14H,4-5,13H2,1-3H3. The van der Waals surface area contributed by atoms with Crippen LogP contribution in [0.5, 0.6) is 17.2 Å². The molecule has 0 fully saturated rings. The monoisotopic (exact) mass is 241 g/mol. The third kappa shape index (κ3) is 3.51. The summed E-state index contributed by atoms with van der Waals surface area (Å²) in [5.74, 6) is 1.77. The topological polar surface area (TPSA) is 73.9 Å². The molecule has 5 heteroatoms. The number of hydrogen-bond donors (Lipinski definition) is 2. The van der Waals surface area contributed by atoms with Crippen molar-refractivity contribution >= 4 is 0 Å². The summed E-state index contributed by atoms with van der Waals surface area (Å²) in [5, 5.41) is 9.06. The summed E-state index contributed by atoms with van der Waals surface area (Å²) in [6.45, 7) is 0. The van der Waals surface area contributed by atoms with Crippen LogP contribution in [0.25, 0.3) is 0 Å². The SMILES string of the molecule is COc1cc(CCC(N)O)cc(OC)c1OC. The highest BCUT2D eigenvalue weighted by molar-refractivity contribution is 5.53. The van der Waals surface area contributed by atoms with E-state index in [0.29, 0.717) is 30.1 Å². The van der Waals surface area contributed by atoms with Crippen molar-refractivity contribution in [3.8, 4) is 17.2 Å². The lowest BCUT2D eigenvalue weighted by atomic mass is 10.1. The average molecular weight is 241 g/mol. The molecule has 0 aliphatic heterocycles. The Morgan fingerprint density at radius 1 is 1.12 bits per heavy atom. The zero-order valence-corrected chi connectivity index (χ0v) is 10.4. The normalized spacial score (nSPS) is 12.1. The molecule has 1 rings (SSSR count). The minimum absolute atomic E-state index is 0.485. The van der Waals surface area contributed by atoms with E-state index in [9.17, 15) is 0 Å². The van der Waals surface area contributed by atoms with E-state index in [4.69, 9.17) is 25.1 Å². The number of hydrogen-bond acceptors (Lipinski definition) is 5. The fraction of sp³-hybridized carbons (Fsp3) is 0.500. The number of rotatable bonds is 6. The Bertz CT molecular complexity index is 341. The summed E-state index contributed by atoms with van der Waals surface area (Å²) < 4.78 is 15.7. The van der Waals surface area contributed by atoms with Crippen molar-refractivity contribution in [1.29, 1.82) is 0 Å². The number of methoxy groups -OCH3 is 3. The first kappa shape index (κ1) is 13.6. The third-order valence-electron chi connectivity index (χ3n) is 2.45. The Kier molecular flexibility index (Phi) is 5.06. The molecule has 1 atom stereocenters. The van der Waals surface area contributed by atoms with E-state index < -0.39 is 6.23 Å². The van der Waals surface area contributed by atoms with Gasteiger partial charge in [-0.25, -0.2) is 0 Å². The zero-order valence-electron chi connectivity index (χ0n) is 10.4. The van der Waals surface area contributed by atoms with Gasteiger partial charge in [-0.05, 0) is 30.5 Å². The molecule has 1 unspecified atom stereocenters. The molecule has 0 radical (unpaired) electrons. The molecule has 0 amide bonds. The van der Waals surface area contributed by atoms with E-state index in [1.807, 2.05) is 12.1 Å². The van der Waals surface area contributed by atoms with Crippen LogP contribution >= 0.6 is 0 Å². The minimum atomic E-state index is -0.811. The van der Waals surface area contributed by atoms with Crippen molar-refractivity contribution < 1.29 is 19.3 Å². The number of nitrogens with two attached hydrogens (primary N) is 1. The predicted octanol–water partition coefficient (Wildman–Crippen LogP) is 0.922. The fourth-order valence-electron chi connectivity index (χ4n) is 1.59. The highest BCUT2D eigenvalue weighted by atomic mass is 16.5. The van der Waals surface area contributed by atoms with Gasteiger partial charge in [0.2, 0.25) is 5.75 Å². The van der Waals surface area contributed by atoms with Gasteiger partial charge in [-0.15, -0.1) is 0 Å².